The van der Waals surface area contributed by atoms with Gasteiger partial charge in [0.1, 0.15) is 0 Å². The first-order valence-electron chi connectivity index (χ1n) is 22.2. The molecular weight excluding hydrogens is 789 g/mol. The summed E-state index contributed by atoms with van der Waals surface area (Å²) in [5, 5.41) is 1.38. The second kappa shape index (κ2) is 20.2. The van der Waals surface area contributed by atoms with Crippen LogP contribution in [0.4, 0.5) is 0 Å². The summed E-state index contributed by atoms with van der Waals surface area (Å²) in [6, 6.07) is 72.7. The molecule has 0 spiro atoms. The van der Waals surface area contributed by atoms with Crippen LogP contribution in [0.15, 0.2) is 218 Å². The van der Waals surface area contributed by atoms with Crippen LogP contribution in [0, 0.1) is 0 Å². The van der Waals surface area contributed by atoms with Gasteiger partial charge in [-0.3, -0.25) is 9.59 Å². The molecule has 1 fully saturated rings. The lowest BCUT2D eigenvalue weighted by Gasteiger charge is -2.34. The zero-order valence-corrected chi connectivity index (χ0v) is 35.6. The van der Waals surface area contributed by atoms with E-state index in [0.717, 1.165) is 98.9 Å². The molecular formula is C58H50N2O4. The van der Waals surface area contributed by atoms with E-state index in [1.54, 1.807) is 0 Å². The molecule has 1 aliphatic carbocycles. The highest BCUT2D eigenvalue weighted by Crippen LogP contribution is 2.36. The van der Waals surface area contributed by atoms with Crippen LogP contribution in [-0.2, 0) is 19.6 Å². The number of carbonyl (C=O) groups is 2. The minimum absolute atomic E-state index is 0.267. The third-order valence-electron chi connectivity index (χ3n) is 12.2. The second-order valence-corrected chi connectivity index (χ2v) is 16.4. The van der Waals surface area contributed by atoms with Crippen molar-refractivity contribution in [2.45, 2.75) is 50.0 Å². The molecule has 0 radical (unpaired) electrons. The Morgan fingerprint density at radius 2 is 0.734 bits per heavy atom. The van der Waals surface area contributed by atoms with Gasteiger partial charge in [0.05, 0.1) is 17.9 Å². The molecule has 316 valence electrons. The molecule has 0 unspecified atom stereocenters. The molecule has 1 aliphatic rings. The Bertz CT molecular complexity index is 2620. The van der Waals surface area contributed by atoms with Crippen molar-refractivity contribution in [3.63, 3.8) is 0 Å². The van der Waals surface area contributed by atoms with Gasteiger partial charge in [-0.25, -0.2) is 0 Å². The molecule has 9 rings (SSSR count). The fraction of sp³-hybridized carbons (Fsp3) is 0.138. The number of nitrogens with one attached hydrogen (secondary N) is 1. The first kappa shape index (κ1) is 41.9. The van der Waals surface area contributed by atoms with Crippen molar-refractivity contribution in [2.75, 3.05) is 0 Å². The molecule has 0 aromatic heterocycles. The molecule has 1 N–H and O–H groups in total. The van der Waals surface area contributed by atoms with Gasteiger partial charge in [-0.1, -0.05) is 248 Å². The summed E-state index contributed by atoms with van der Waals surface area (Å²) in [5.74, 6) is -2.24. The number of hydrogen-bond donors (Lipinski definition) is 1. The molecule has 0 bridgehead atoms. The molecule has 6 nitrogen and oxygen atoms in total. The van der Waals surface area contributed by atoms with Crippen LogP contribution in [0.3, 0.4) is 0 Å². The fourth-order valence-electron chi connectivity index (χ4n) is 8.97. The predicted molar refractivity (Wildman–Crippen MR) is 255 cm³/mol. The van der Waals surface area contributed by atoms with E-state index in [1.165, 1.54) is 5.06 Å². The lowest BCUT2D eigenvalue weighted by atomic mass is 9.86. The Balaban J connectivity index is 1.05. The van der Waals surface area contributed by atoms with Gasteiger partial charge in [-0.15, -0.1) is 0 Å². The summed E-state index contributed by atoms with van der Waals surface area (Å²) >= 11 is 0. The minimum atomic E-state index is -0.774. The zero-order valence-electron chi connectivity index (χ0n) is 35.6. The minimum Gasteiger partial charge on any atom is -0.272 e. The first-order valence-corrected chi connectivity index (χ1v) is 22.2. The van der Waals surface area contributed by atoms with Crippen molar-refractivity contribution in [1.82, 2.24) is 10.5 Å². The molecule has 2 amide bonds. The molecule has 8 aromatic carbocycles. The summed E-state index contributed by atoms with van der Waals surface area (Å²) in [7, 11) is 0. The Morgan fingerprint density at radius 3 is 1.09 bits per heavy atom. The van der Waals surface area contributed by atoms with E-state index in [2.05, 4.69) is 78.3 Å². The molecule has 0 heterocycles. The van der Waals surface area contributed by atoms with Crippen molar-refractivity contribution in [2.24, 2.45) is 0 Å². The van der Waals surface area contributed by atoms with Crippen molar-refractivity contribution >= 4 is 11.8 Å². The van der Waals surface area contributed by atoms with Crippen LogP contribution in [0.5, 0.6) is 0 Å². The monoisotopic (exact) mass is 838 g/mol. The maximum atomic E-state index is 15.4. The number of rotatable bonds is 14. The van der Waals surface area contributed by atoms with E-state index in [0.29, 0.717) is 0 Å². The summed E-state index contributed by atoms with van der Waals surface area (Å²) in [6.45, 7) is 0. The highest BCUT2D eigenvalue weighted by molar-refractivity contribution is 5.89. The van der Waals surface area contributed by atoms with E-state index in [4.69, 9.17) is 9.98 Å². The van der Waals surface area contributed by atoms with Crippen LogP contribution in [-0.4, -0.2) is 22.9 Å². The summed E-state index contributed by atoms with van der Waals surface area (Å²) in [6.07, 6.45) is 4.44. The van der Waals surface area contributed by atoms with Crippen molar-refractivity contribution < 1.29 is 19.6 Å². The van der Waals surface area contributed by atoms with Crippen LogP contribution in [0.25, 0.3) is 44.5 Å². The number of hydroxylamine groups is 3. The predicted octanol–water partition coefficient (Wildman–Crippen LogP) is 13.4. The van der Waals surface area contributed by atoms with E-state index in [9.17, 15) is 4.79 Å². The van der Waals surface area contributed by atoms with Gasteiger partial charge in [0.25, 0.3) is 11.8 Å². The largest absolute Gasteiger partial charge is 0.272 e. The molecule has 0 saturated heterocycles. The molecule has 0 atom stereocenters. The van der Waals surface area contributed by atoms with Gasteiger partial charge in [0.2, 0.25) is 0 Å². The smallest absolute Gasteiger partial charge is 0.260 e. The molecule has 0 aliphatic heterocycles. The van der Waals surface area contributed by atoms with Crippen molar-refractivity contribution in [1.29, 1.82) is 0 Å². The number of nitrogens with zero attached hydrogens (tertiary/aromatic N) is 1. The average Bonchev–Trinajstić information content (AvgIpc) is 3.37. The van der Waals surface area contributed by atoms with Gasteiger partial charge in [0.15, 0.2) is 0 Å². The van der Waals surface area contributed by atoms with Crippen LogP contribution in [0.2, 0.25) is 0 Å². The Morgan fingerprint density at radius 1 is 0.406 bits per heavy atom. The quantitative estimate of drug-likeness (QED) is 0.0875. The van der Waals surface area contributed by atoms with Gasteiger partial charge in [0, 0.05) is 0 Å². The molecule has 64 heavy (non-hydrogen) atoms. The number of hydrogen-bond acceptors (Lipinski definition) is 4. The standard InChI is InChI=1S/C58H50N2O4/c61-57(55(50-32-16-28-46(38-50)42-20-6-1-7-21-42)51-33-17-29-47(39-51)43-22-8-2-9-23-43)59-63-64-60(54-36-14-5-15-37-54)58(62)56(52-34-18-30-48(40-52)44-24-10-3-11-25-44)53-35-19-31-49(41-53)45-26-12-4-13-27-45/h1-4,6-13,16-35,38-41,54-56H,5,14-15,36-37H2,(H,59,61). The normalized spacial score (nSPS) is 12.8. The highest BCUT2D eigenvalue weighted by atomic mass is 17.3. The van der Waals surface area contributed by atoms with Gasteiger partial charge in [-0.05, 0) is 79.6 Å². The maximum absolute atomic E-state index is 15.4. The number of benzene rings is 8. The van der Waals surface area contributed by atoms with E-state index in [-0.39, 0.29) is 11.9 Å². The lowest BCUT2D eigenvalue weighted by molar-refractivity contribution is -0.442. The van der Waals surface area contributed by atoms with E-state index >= 15 is 4.79 Å². The lowest BCUT2D eigenvalue weighted by Crippen LogP contribution is -2.45. The fourth-order valence-corrected chi connectivity index (χ4v) is 8.97. The second-order valence-electron chi connectivity index (χ2n) is 16.4. The van der Waals surface area contributed by atoms with Crippen LogP contribution in [0.1, 0.15) is 66.2 Å². The zero-order chi connectivity index (χ0) is 43.5. The van der Waals surface area contributed by atoms with Gasteiger partial charge < -0.3 is 0 Å². The topological polar surface area (TPSA) is 67.9 Å². The number of carbonyl (C=O) groups excluding carboxylic acids is 2. The van der Waals surface area contributed by atoms with E-state index < -0.39 is 17.7 Å². The Labute approximate surface area is 375 Å². The Kier molecular flexibility index (Phi) is 13.2. The summed E-state index contributed by atoms with van der Waals surface area (Å²) in [4.78, 5) is 42.0. The van der Waals surface area contributed by atoms with Crippen LogP contribution < -0.4 is 5.48 Å². The van der Waals surface area contributed by atoms with Gasteiger partial charge in [-0.2, -0.15) is 10.5 Å². The van der Waals surface area contributed by atoms with Crippen molar-refractivity contribution in [3.05, 3.63) is 241 Å². The van der Waals surface area contributed by atoms with E-state index in [1.807, 2.05) is 146 Å². The third-order valence-corrected chi connectivity index (χ3v) is 12.2. The van der Waals surface area contributed by atoms with Crippen LogP contribution >= 0.6 is 0 Å². The third kappa shape index (κ3) is 9.79. The molecule has 6 heteroatoms. The van der Waals surface area contributed by atoms with Crippen molar-refractivity contribution in [3.8, 4) is 44.5 Å². The highest BCUT2D eigenvalue weighted by Gasteiger charge is 2.36. The maximum Gasteiger partial charge on any atom is 0.260 e. The average molecular weight is 839 g/mol. The molecule has 1 saturated carbocycles. The summed E-state index contributed by atoms with van der Waals surface area (Å²) < 4.78 is 0. The van der Waals surface area contributed by atoms with Gasteiger partial charge >= 0.3 is 0 Å². The summed E-state index contributed by atoms with van der Waals surface area (Å²) in [5.41, 5.74) is 14.0. The Hall–Kier alpha value is -7.38. The first-order chi connectivity index (χ1) is 31.6. The SMILES string of the molecule is O=C(NOON(C(=O)C(c1cccc(-c2ccccc2)c1)c1cccc(-c2ccccc2)c1)C1CCCCC1)C(c1cccc(-c2ccccc2)c1)c1cccc(-c2ccccc2)c1. The molecule has 8 aromatic rings. The number of amides is 2.